The van der Waals surface area contributed by atoms with Gasteiger partial charge in [-0.2, -0.15) is 0 Å². The third-order valence-electron chi connectivity index (χ3n) is 8.33. The van der Waals surface area contributed by atoms with Crippen LogP contribution in [0.2, 0.25) is 0 Å². The predicted molar refractivity (Wildman–Crippen MR) is 146 cm³/mol. The lowest BCUT2D eigenvalue weighted by Gasteiger charge is -2.42. The molecule has 0 bridgehead atoms. The molecule has 0 spiro atoms. The van der Waals surface area contributed by atoms with Crippen LogP contribution in [0.3, 0.4) is 0 Å². The van der Waals surface area contributed by atoms with Crippen molar-refractivity contribution in [2.45, 2.75) is 76.3 Å². The molecular weight excluding hydrogens is 566 g/mol. The van der Waals surface area contributed by atoms with Gasteiger partial charge in [0.15, 0.2) is 17.9 Å². The molecule has 43 heavy (non-hydrogen) atoms. The van der Waals surface area contributed by atoms with E-state index in [4.69, 9.17) is 18.9 Å². The summed E-state index contributed by atoms with van der Waals surface area (Å²) in [6, 6.07) is 3.52. The number of hydrogen-bond donors (Lipinski definition) is 5. The highest BCUT2D eigenvalue weighted by Crippen LogP contribution is 2.52. The number of phenols is 2. The average molecular weight is 600 g/mol. The Labute approximate surface area is 246 Å². The lowest BCUT2D eigenvalue weighted by atomic mass is 9.72. The highest BCUT2D eigenvalue weighted by molar-refractivity contribution is 6.31. The zero-order valence-corrected chi connectivity index (χ0v) is 24.0. The summed E-state index contributed by atoms with van der Waals surface area (Å²) in [4.78, 5) is 52.0. The number of aliphatic hydroxyl groups excluding tert-OH is 1. The normalized spacial score (nSPS) is 27.9. The fourth-order valence-electron chi connectivity index (χ4n) is 6.09. The van der Waals surface area contributed by atoms with Crippen LogP contribution in [-0.2, 0) is 25.4 Å². The Balaban J connectivity index is 1.60. The van der Waals surface area contributed by atoms with Gasteiger partial charge in [0.1, 0.15) is 29.0 Å². The number of aromatic hydroxyl groups is 2. The van der Waals surface area contributed by atoms with E-state index >= 15 is 0 Å². The molecule has 5 N–H and O–H groups in total. The number of Topliss-reactive ketones (excluding diaryl/α,β-unsaturated/α-hetero) is 1. The van der Waals surface area contributed by atoms with E-state index in [0.29, 0.717) is 0 Å². The van der Waals surface area contributed by atoms with Crippen LogP contribution in [0.1, 0.15) is 82.7 Å². The van der Waals surface area contributed by atoms with Crippen LogP contribution >= 0.6 is 0 Å². The SMILES string of the molecule is CCOC(=O)N[C@H]1C[C@H](O[C@H]2C[C@](O)(C(C)=O)Cc3c(O)c4c(c(O)c32)C(=O)c2c(OC)cccc2C4=O)O[C@@H](C)[C@H]1O. The van der Waals surface area contributed by atoms with Gasteiger partial charge >= 0.3 is 6.09 Å². The maximum atomic E-state index is 13.8. The van der Waals surface area contributed by atoms with E-state index in [2.05, 4.69) is 5.32 Å². The van der Waals surface area contributed by atoms with Crippen molar-refractivity contribution in [3.05, 3.63) is 51.6 Å². The molecule has 2 aromatic rings. The number of nitrogens with one attached hydrogen (secondary N) is 1. The summed E-state index contributed by atoms with van der Waals surface area (Å²) < 4.78 is 22.2. The molecule has 1 heterocycles. The summed E-state index contributed by atoms with van der Waals surface area (Å²) in [7, 11) is 1.33. The number of ketones is 3. The summed E-state index contributed by atoms with van der Waals surface area (Å²) in [5.74, 6) is -3.40. The molecular formula is C30H33NO12. The number of hydrogen-bond acceptors (Lipinski definition) is 12. The Morgan fingerprint density at radius 2 is 1.81 bits per heavy atom. The standard InChI is InChI=1S/C30H33NO12/c1-5-41-29(38)31-16-9-19(42-12(2)24(16)33)43-18-11-30(39,13(3)32)10-15-21(18)28(37)23-22(26(15)35)25(34)14-7-6-8-17(40-4)20(14)27(23)36/h6-8,12,16,18-19,24,33,35,37,39H,5,9-11H2,1-4H3,(H,31,38)/t12-,16-,18-,19-,24+,30-/m0/s1. The number of fused-ring (bicyclic) bond motifs is 3. The third-order valence-corrected chi connectivity index (χ3v) is 8.33. The Morgan fingerprint density at radius 1 is 1.12 bits per heavy atom. The maximum absolute atomic E-state index is 13.8. The van der Waals surface area contributed by atoms with Crippen LogP contribution in [0, 0.1) is 0 Å². The van der Waals surface area contributed by atoms with E-state index in [-0.39, 0.29) is 41.0 Å². The maximum Gasteiger partial charge on any atom is 0.407 e. The number of benzene rings is 2. The molecule has 230 valence electrons. The number of methoxy groups -OCH3 is 1. The van der Waals surface area contributed by atoms with Gasteiger partial charge in [0.05, 0.1) is 48.7 Å². The fraction of sp³-hybridized carbons (Fsp3) is 0.467. The van der Waals surface area contributed by atoms with Crippen molar-refractivity contribution in [1.82, 2.24) is 5.32 Å². The van der Waals surface area contributed by atoms with Gasteiger partial charge in [0.25, 0.3) is 0 Å². The second kappa shape index (κ2) is 11.2. The van der Waals surface area contributed by atoms with Crippen LogP contribution in [0.4, 0.5) is 4.79 Å². The van der Waals surface area contributed by atoms with E-state index in [9.17, 15) is 39.6 Å². The summed E-state index contributed by atoms with van der Waals surface area (Å²) in [5.41, 5.74) is -3.35. The first-order valence-electron chi connectivity index (χ1n) is 13.9. The number of carbonyl (C=O) groups excluding carboxylic acids is 4. The lowest BCUT2D eigenvalue weighted by Crippen LogP contribution is -2.55. The van der Waals surface area contributed by atoms with Crippen LogP contribution in [-0.4, -0.2) is 87.7 Å². The topological polar surface area (TPSA) is 198 Å². The van der Waals surface area contributed by atoms with Crippen molar-refractivity contribution in [1.29, 1.82) is 0 Å². The third kappa shape index (κ3) is 5.01. The molecule has 0 aromatic heterocycles. The number of alkyl carbamates (subject to hydrolysis) is 1. The van der Waals surface area contributed by atoms with Gasteiger partial charge < -0.3 is 44.7 Å². The molecule has 0 saturated carbocycles. The zero-order chi connectivity index (χ0) is 31.4. The minimum atomic E-state index is -2.07. The molecule has 0 radical (unpaired) electrons. The molecule has 1 fully saturated rings. The first-order chi connectivity index (χ1) is 20.3. The average Bonchev–Trinajstić information content (AvgIpc) is 2.95. The minimum absolute atomic E-state index is 0.0415. The Hall–Kier alpha value is -4.04. The number of phenolic OH excluding ortho intramolecular Hbond substituents is 2. The van der Waals surface area contributed by atoms with Gasteiger partial charge in [-0.1, -0.05) is 12.1 Å². The summed E-state index contributed by atoms with van der Waals surface area (Å²) in [5, 5.41) is 47.5. The summed E-state index contributed by atoms with van der Waals surface area (Å²) in [6.45, 7) is 4.44. The van der Waals surface area contributed by atoms with E-state index < -0.39 is 95.2 Å². The molecule has 13 nitrogen and oxygen atoms in total. The first-order valence-corrected chi connectivity index (χ1v) is 13.9. The number of ether oxygens (including phenoxy) is 4. The second-order valence-electron chi connectivity index (χ2n) is 10.9. The monoisotopic (exact) mass is 599 g/mol. The number of rotatable bonds is 6. The van der Waals surface area contributed by atoms with Crippen molar-refractivity contribution in [3.8, 4) is 17.2 Å². The van der Waals surface area contributed by atoms with E-state index in [1.165, 1.54) is 25.3 Å². The zero-order valence-electron chi connectivity index (χ0n) is 24.0. The number of carbonyl (C=O) groups is 4. The van der Waals surface area contributed by atoms with Gasteiger partial charge in [0.2, 0.25) is 5.78 Å². The van der Waals surface area contributed by atoms with Crippen molar-refractivity contribution in [2.75, 3.05) is 13.7 Å². The highest BCUT2D eigenvalue weighted by Gasteiger charge is 2.49. The van der Waals surface area contributed by atoms with Gasteiger partial charge in [-0.3, -0.25) is 14.4 Å². The van der Waals surface area contributed by atoms with Crippen molar-refractivity contribution in [3.63, 3.8) is 0 Å². The summed E-state index contributed by atoms with van der Waals surface area (Å²) in [6.07, 6.45) is -6.15. The molecule has 1 amide bonds. The van der Waals surface area contributed by atoms with Crippen molar-refractivity contribution >= 4 is 23.4 Å². The molecule has 5 rings (SSSR count). The van der Waals surface area contributed by atoms with Crippen LogP contribution in [0.5, 0.6) is 17.2 Å². The molecule has 1 aliphatic heterocycles. The quantitative estimate of drug-likeness (QED) is 0.258. The van der Waals surface area contributed by atoms with Crippen molar-refractivity contribution in [2.24, 2.45) is 0 Å². The van der Waals surface area contributed by atoms with E-state index in [1.807, 2.05) is 0 Å². The highest BCUT2D eigenvalue weighted by atomic mass is 16.7. The van der Waals surface area contributed by atoms with Crippen LogP contribution in [0.25, 0.3) is 0 Å². The fourth-order valence-corrected chi connectivity index (χ4v) is 6.09. The number of amides is 1. The Bertz CT molecular complexity index is 1520. The molecule has 3 aliphatic rings. The minimum Gasteiger partial charge on any atom is -0.507 e. The second-order valence-corrected chi connectivity index (χ2v) is 10.9. The predicted octanol–water partition coefficient (Wildman–Crippen LogP) is 1.82. The molecule has 13 heteroatoms. The van der Waals surface area contributed by atoms with Gasteiger partial charge in [-0.25, -0.2) is 4.79 Å². The van der Waals surface area contributed by atoms with Gasteiger partial charge in [0, 0.05) is 36.0 Å². The molecule has 1 saturated heterocycles. The van der Waals surface area contributed by atoms with E-state index in [0.717, 1.165) is 6.92 Å². The smallest absolute Gasteiger partial charge is 0.407 e. The largest absolute Gasteiger partial charge is 0.507 e. The van der Waals surface area contributed by atoms with Crippen LogP contribution in [0.15, 0.2) is 18.2 Å². The van der Waals surface area contributed by atoms with Crippen LogP contribution < -0.4 is 10.1 Å². The summed E-state index contributed by atoms with van der Waals surface area (Å²) >= 11 is 0. The molecule has 6 atom stereocenters. The lowest BCUT2D eigenvalue weighted by molar-refractivity contribution is -0.249. The van der Waals surface area contributed by atoms with Gasteiger partial charge in [-0.05, 0) is 26.8 Å². The Morgan fingerprint density at radius 3 is 2.47 bits per heavy atom. The molecule has 2 aromatic carbocycles. The first kappa shape index (κ1) is 30.4. The van der Waals surface area contributed by atoms with Crippen molar-refractivity contribution < 1.29 is 58.6 Å². The molecule has 2 aliphatic carbocycles. The molecule has 0 unspecified atom stereocenters. The number of aliphatic hydroxyl groups is 2. The Kier molecular flexibility index (Phi) is 7.94. The van der Waals surface area contributed by atoms with E-state index in [1.54, 1.807) is 13.8 Å². The van der Waals surface area contributed by atoms with Gasteiger partial charge in [-0.15, -0.1) is 0 Å².